The van der Waals surface area contributed by atoms with Crippen molar-refractivity contribution in [2.24, 2.45) is 7.05 Å². The van der Waals surface area contributed by atoms with Gasteiger partial charge < -0.3 is 5.32 Å². The van der Waals surface area contributed by atoms with Crippen molar-refractivity contribution in [2.75, 3.05) is 6.54 Å². The van der Waals surface area contributed by atoms with Gasteiger partial charge in [-0.25, -0.2) is 4.98 Å². The van der Waals surface area contributed by atoms with E-state index in [1.807, 2.05) is 11.7 Å². The smallest absolute Gasteiger partial charge is 0.154 e. The second-order valence-corrected chi connectivity index (χ2v) is 3.56. The van der Waals surface area contributed by atoms with Gasteiger partial charge in [-0.3, -0.25) is 4.68 Å². The van der Waals surface area contributed by atoms with Crippen LogP contribution in [0.1, 0.15) is 37.3 Å². The Morgan fingerprint density at radius 2 is 2.31 bits per heavy atom. The molecule has 0 spiro atoms. The monoisotopic (exact) mass is 180 g/mol. The van der Waals surface area contributed by atoms with Crippen molar-refractivity contribution in [3.63, 3.8) is 0 Å². The van der Waals surface area contributed by atoms with Gasteiger partial charge in [-0.2, -0.15) is 5.10 Å². The molecule has 1 N–H and O–H groups in total. The van der Waals surface area contributed by atoms with E-state index in [0.29, 0.717) is 5.92 Å². The fourth-order valence-electron chi connectivity index (χ4n) is 1.34. The fraction of sp³-hybridized carbons (Fsp3) is 0.778. The lowest BCUT2D eigenvalue weighted by Crippen LogP contribution is -2.15. The van der Waals surface area contributed by atoms with Crippen LogP contribution in [0.4, 0.5) is 0 Å². The standard InChI is InChI=1S/C9H16N4/c1-3-10-6-8-11-9(7-4-5-7)12-13(8)2/h7,10H,3-6H2,1-2H3. The van der Waals surface area contributed by atoms with Crippen LogP contribution in [0.2, 0.25) is 0 Å². The molecule has 0 aliphatic heterocycles. The minimum atomic E-state index is 0.654. The molecule has 1 aliphatic rings. The second kappa shape index (κ2) is 3.46. The Balaban J connectivity index is 2.06. The van der Waals surface area contributed by atoms with Gasteiger partial charge in [0.05, 0.1) is 6.54 Å². The number of hydrogen-bond donors (Lipinski definition) is 1. The first-order chi connectivity index (χ1) is 6.31. The topological polar surface area (TPSA) is 42.7 Å². The number of hydrogen-bond acceptors (Lipinski definition) is 3. The van der Waals surface area contributed by atoms with Gasteiger partial charge >= 0.3 is 0 Å². The lowest BCUT2D eigenvalue weighted by molar-refractivity contribution is 0.629. The molecule has 0 saturated heterocycles. The van der Waals surface area contributed by atoms with E-state index in [-0.39, 0.29) is 0 Å². The molecule has 72 valence electrons. The molecule has 1 aromatic heterocycles. The molecule has 1 heterocycles. The Hall–Kier alpha value is -0.900. The van der Waals surface area contributed by atoms with E-state index in [1.165, 1.54) is 12.8 Å². The second-order valence-electron chi connectivity index (χ2n) is 3.56. The van der Waals surface area contributed by atoms with E-state index in [2.05, 4.69) is 22.3 Å². The van der Waals surface area contributed by atoms with Crippen LogP contribution in [0.3, 0.4) is 0 Å². The van der Waals surface area contributed by atoms with Crippen molar-refractivity contribution < 1.29 is 0 Å². The normalized spacial score (nSPS) is 16.5. The van der Waals surface area contributed by atoms with Gasteiger partial charge in [0.1, 0.15) is 5.82 Å². The maximum Gasteiger partial charge on any atom is 0.154 e. The first kappa shape index (κ1) is 8.69. The van der Waals surface area contributed by atoms with E-state index in [9.17, 15) is 0 Å². The van der Waals surface area contributed by atoms with Crippen LogP contribution in [-0.2, 0) is 13.6 Å². The molecule has 0 amide bonds. The SMILES string of the molecule is CCNCc1nc(C2CC2)nn1C. The molecule has 1 fully saturated rings. The molecule has 0 aromatic carbocycles. The Kier molecular flexibility index (Phi) is 2.31. The van der Waals surface area contributed by atoms with E-state index < -0.39 is 0 Å². The van der Waals surface area contributed by atoms with Crippen molar-refractivity contribution in [1.29, 1.82) is 0 Å². The first-order valence-electron chi connectivity index (χ1n) is 4.91. The van der Waals surface area contributed by atoms with Gasteiger partial charge in [0, 0.05) is 13.0 Å². The van der Waals surface area contributed by atoms with E-state index >= 15 is 0 Å². The number of nitrogens with one attached hydrogen (secondary N) is 1. The largest absolute Gasteiger partial charge is 0.310 e. The Labute approximate surface area is 78.4 Å². The Morgan fingerprint density at radius 1 is 1.54 bits per heavy atom. The highest BCUT2D eigenvalue weighted by atomic mass is 15.3. The molecule has 4 nitrogen and oxygen atoms in total. The zero-order valence-electron chi connectivity index (χ0n) is 8.25. The van der Waals surface area contributed by atoms with E-state index in [4.69, 9.17) is 0 Å². The Bertz CT molecular complexity index is 288. The molecule has 0 radical (unpaired) electrons. The average molecular weight is 180 g/mol. The number of nitrogens with zero attached hydrogens (tertiary/aromatic N) is 3. The lowest BCUT2D eigenvalue weighted by atomic mass is 10.4. The van der Waals surface area contributed by atoms with Crippen molar-refractivity contribution >= 4 is 0 Å². The minimum Gasteiger partial charge on any atom is -0.310 e. The summed E-state index contributed by atoms with van der Waals surface area (Å²) in [5.41, 5.74) is 0. The molecule has 1 saturated carbocycles. The van der Waals surface area contributed by atoms with Gasteiger partial charge in [0.15, 0.2) is 5.82 Å². The van der Waals surface area contributed by atoms with Crippen LogP contribution in [0.25, 0.3) is 0 Å². The molecular weight excluding hydrogens is 164 g/mol. The highest BCUT2D eigenvalue weighted by Crippen LogP contribution is 2.37. The summed E-state index contributed by atoms with van der Waals surface area (Å²) in [6.07, 6.45) is 2.54. The summed E-state index contributed by atoms with van der Waals surface area (Å²) in [6, 6.07) is 0. The van der Waals surface area contributed by atoms with E-state index in [1.54, 1.807) is 0 Å². The lowest BCUT2D eigenvalue weighted by Gasteiger charge is -1.98. The molecule has 0 bridgehead atoms. The number of aromatic nitrogens is 3. The third-order valence-corrected chi connectivity index (χ3v) is 2.35. The maximum absolute atomic E-state index is 4.50. The summed E-state index contributed by atoms with van der Waals surface area (Å²) >= 11 is 0. The summed E-state index contributed by atoms with van der Waals surface area (Å²) in [5, 5.41) is 7.65. The number of rotatable bonds is 4. The highest BCUT2D eigenvalue weighted by molar-refractivity contribution is 5.05. The predicted octanol–water partition coefficient (Wildman–Crippen LogP) is 0.802. The van der Waals surface area contributed by atoms with Crippen LogP contribution in [0.15, 0.2) is 0 Å². The van der Waals surface area contributed by atoms with Crippen molar-refractivity contribution in [2.45, 2.75) is 32.2 Å². The summed E-state index contributed by atoms with van der Waals surface area (Å²) < 4.78 is 1.89. The summed E-state index contributed by atoms with van der Waals surface area (Å²) in [4.78, 5) is 4.50. The van der Waals surface area contributed by atoms with Crippen molar-refractivity contribution in [3.8, 4) is 0 Å². The predicted molar refractivity (Wildman–Crippen MR) is 50.4 cm³/mol. The van der Waals surface area contributed by atoms with Crippen LogP contribution in [-0.4, -0.2) is 21.3 Å². The van der Waals surface area contributed by atoms with Gasteiger partial charge in [-0.1, -0.05) is 6.92 Å². The summed E-state index contributed by atoms with van der Waals surface area (Å²) in [7, 11) is 1.96. The summed E-state index contributed by atoms with van der Waals surface area (Å²) in [6.45, 7) is 3.90. The third-order valence-electron chi connectivity index (χ3n) is 2.35. The molecule has 1 aliphatic carbocycles. The number of aryl methyl sites for hydroxylation is 1. The zero-order chi connectivity index (χ0) is 9.26. The average Bonchev–Trinajstić information content (AvgIpc) is 2.89. The molecule has 0 unspecified atom stereocenters. The molecule has 0 atom stereocenters. The molecule has 4 heteroatoms. The summed E-state index contributed by atoms with van der Waals surface area (Å²) in [5.74, 6) is 2.74. The van der Waals surface area contributed by atoms with Crippen molar-refractivity contribution in [1.82, 2.24) is 20.1 Å². The van der Waals surface area contributed by atoms with Crippen LogP contribution in [0.5, 0.6) is 0 Å². The van der Waals surface area contributed by atoms with Gasteiger partial charge in [0.2, 0.25) is 0 Å². The van der Waals surface area contributed by atoms with Gasteiger partial charge in [0.25, 0.3) is 0 Å². The first-order valence-corrected chi connectivity index (χ1v) is 4.91. The molecule has 1 aromatic rings. The maximum atomic E-state index is 4.50. The fourth-order valence-corrected chi connectivity index (χ4v) is 1.34. The van der Waals surface area contributed by atoms with Crippen molar-refractivity contribution in [3.05, 3.63) is 11.6 Å². The third kappa shape index (κ3) is 1.88. The molecular formula is C9H16N4. The van der Waals surface area contributed by atoms with Crippen LogP contribution >= 0.6 is 0 Å². The van der Waals surface area contributed by atoms with Crippen LogP contribution in [0, 0.1) is 0 Å². The molecule has 13 heavy (non-hydrogen) atoms. The Morgan fingerprint density at radius 3 is 2.92 bits per heavy atom. The quantitative estimate of drug-likeness (QED) is 0.745. The van der Waals surface area contributed by atoms with Crippen LogP contribution < -0.4 is 5.32 Å². The van der Waals surface area contributed by atoms with Gasteiger partial charge in [-0.15, -0.1) is 0 Å². The molecule has 2 rings (SSSR count). The highest BCUT2D eigenvalue weighted by Gasteiger charge is 2.28. The zero-order valence-corrected chi connectivity index (χ0v) is 8.25. The minimum absolute atomic E-state index is 0.654. The van der Waals surface area contributed by atoms with Gasteiger partial charge in [-0.05, 0) is 19.4 Å². The van der Waals surface area contributed by atoms with E-state index in [0.717, 1.165) is 24.7 Å².